The molecule has 0 aliphatic carbocycles. The zero-order valence-electron chi connectivity index (χ0n) is 11.4. The van der Waals surface area contributed by atoms with Crippen LogP contribution in [-0.2, 0) is 9.59 Å². The maximum absolute atomic E-state index is 11.7. The molecule has 104 valence electrons. The summed E-state index contributed by atoms with van der Waals surface area (Å²) >= 11 is 0. The Morgan fingerprint density at radius 2 is 1.89 bits per heavy atom. The fourth-order valence-corrected chi connectivity index (χ4v) is 1.78. The molecule has 1 aromatic rings. The lowest BCUT2D eigenvalue weighted by Gasteiger charge is -2.15. The van der Waals surface area contributed by atoms with E-state index < -0.39 is 11.9 Å². The Hall–Kier alpha value is -1.84. The quantitative estimate of drug-likeness (QED) is 0.794. The number of carboxylic acid groups (broad SMARTS) is 1. The van der Waals surface area contributed by atoms with E-state index in [1.807, 2.05) is 19.9 Å². The van der Waals surface area contributed by atoms with Gasteiger partial charge in [0, 0.05) is 13.0 Å². The number of hydrogen-bond acceptors (Lipinski definition) is 2. The molecule has 2 N–H and O–H groups in total. The molecule has 1 rings (SSSR count). The highest BCUT2D eigenvalue weighted by molar-refractivity contribution is 5.79. The van der Waals surface area contributed by atoms with Gasteiger partial charge in [0.1, 0.15) is 0 Å². The van der Waals surface area contributed by atoms with E-state index in [0.29, 0.717) is 17.9 Å². The molecule has 0 heterocycles. The lowest BCUT2D eigenvalue weighted by molar-refractivity contribution is -0.138. The van der Waals surface area contributed by atoms with Gasteiger partial charge in [-0.25, -0.2) is 0 Å². The average Bonchev–Trinajstić information content (AvgIpc) is 2.39. The number of amides is 1. The summed E-state index contributed by atoms with van der Waals surface area (Å²) in [5.74, 6) is -1.38. The van der Waals surface area contributed by atoms with Gasteiger partial charge in [-0.05, 0) is 11.5 Å². The molecule has 0 saturated heterocycles. The van der Waals surface area contributed by atoms with Crippen LogP contribution in [0.25, 0.3) is 0 Å². The minimum absolute atomic E-state index is 0.0865. The predicted octanol–water partition coefficient (Wildman–Crippen LogP) is 2.41. The smallest absolute Gasteiger partial charge is 0.312 e. The van der Waals surface area contributed by atoms with Crippen LogP contribution in [0.5, 0.6) is 0 Å². The van der Waals surface area contributed by atoms with Crippen molar-refractivity contribution in [3.63, 3.8) is 0 Å². The van der Waals surface area contributed by atoms with Crippen LogP contribution >= 0.6 is 0 Å². The third-order valence-corrected chi connectivity index (χ3v) is 3.23. The average molecular weight is 263 g/mol. The Morgan fingerprint density at radius 3 is 2.42 bits per heavy atom. The summed E-state index contributed by atoms with van der Waals surface area (Å²) in [6.07, 6.45) is 1.38. The number of benzene rings is 1. The van der Waals surface area contributed by atoms with Gasteiger partial charge in [0.15, 0.2) is 0 Å². The van der Waals surface area contributed by atoms with Crippen LogP contribution in [0, 0.1) is 5.92 Å². The molecule has 1 aromatic carbocycles. The Kier molecular flexibility index (Phi) is 6.06. The maximum Gasteiger partial charge on any atom is 0.312 e. The van der Waals surface area contributed by atoms with Gasteiger partial charge in [-0.15, -0.1) is 0 Å². The second-order valence-electron chi connectivity index (χ2n) is 4.82. The molecule has 0 radical (unpaired) electrons. The third-order valence-electron chi connectivity index (χ3n) is 3.23. The van der Waals surface area contributed by atoms with Gasteiger partial charge in [-0.3, -0.25) is 9.59 Å². The van der Waals surface area contributed by atoms with Gasteiger partial charge in [0.05, 0.1) is 5.92 Å². The number of carbonyl (C=O) groups is 2. The first-order valence-corrected chi connectivity index (χ1v) is 6.59. The first-order chi connectivity index (χ1) is 9.04. The monoisotopic (exact) mass is 263 g/mol. The largest absolute Gasteiger partial charge is 0.481 e. The minimum Gasteiger partial charge on any atom is -0.481 e. The summed E-state index contributed by atoms with van der Waals surface area (Å²) < 4.78 is 0. The fourth-order valence-electron chi connectivity index (χ4n) is 1.78. The van der Waals surface area contributed by atoms with E-state index in [0.717, 1.165) is 6.42 Å². The number of carboxylic acids is 1. The number of hydrogen-bond donors (Lipinski definition) is 2. The fraction of sp³-hybridized carbons (Fsp3) is 0.467. The first-order valence-electron chi connectivity index (χ1n) is 6.59. The van der Waals surface area contributed by atoms with Crippen molar-refractivity contribution in [2.24, 2.45) is 5.92 Å². The van der Waals surface area contributed by atoms with Crippen molar-refractivity contribution in [2.45, 2.75) is 32.6 Å². The van der Waals surface area contributed by atoms with E-state index in [1.54, 1.807) is 24.3 Å². The molecule has 4 nitrogen and oxygen atoms in total. The molecule has 19 heavy (non-hydrogen) atoms. The summed E-state index contributed by atoms with van der Waals surface area (Å²) in [6, 6.07) is 8.96. The highest BCUT2D eigenvalue weighted by atomic mass is 16.4. The molecule has 4 heteroatoms. The highest BCUT2D eigenvalue weighted by Gasteiger charge is 2.20. The van der Waals surface area contributed by atoms with Gasteiger partial charge >= 0.3 is 5.97 Å². The van der Waals surface area contributed by atoms with Crippen molar-refractivity contribution in [1.82, 2.24) is 5.32 Å². The molecular formula is C15H21NO3. The standard InChI is InChI=1S/C15H21NO3/c1-3-11(2)9-14(17)16-10-13(15(18)19)12-7-5-4-6-8-12/h4-8,11,13H,3,9-10H2,1-2H3,(H,16,17)(H,18,19). The normalized spacial score (nSPS) is 13.6. The van der Waals surface area contributed by atoms with Crippen molar-refractivity contribution >= 4 is 11.9 Å². The second kappa shape index (κ2) is 7.56. The van der Waals surface area contributed by atoms with Crippen molar-refractivity contribution in [3.8, 4) is 0 Å². The molecule has 0 aliphatic heterocycles. The van der Waals surface area contributed by atoms with Crippen molar-refractivity contribution < 1.29 is 14.7 Å². The maximum atomic E-state index is 11.7. The van der Waals surface area contributed by atoms with E-state index in [9.17, 15) is 14.7 Å². The number of aliphatic carboxylic acids is 1. The molecule has 0 aliphatic rings. The van der Waals surface area contributed by atoms with Crippen LogP contribution in [0.4, 0.5) is 0 Å². The number of rotatable bonds is 7. The van der Waals surface area contributed by atoms with Gasteiger partial charge in [-0.1, -0.05) is 50.6 Å². The molecule has 2 atom stereocenters. The predicted molar refractivity (Wildman–Crippen MR) is 73.9 cm³/mol. The topological polar surface area (TPSA) is 66.4 Å². The van der Waals surface area contributed by atoms with E-state index in [1.165, 1.54) is 0 Å². The van der Waals surface area contributed by atoms with E-state index in [-0.39, 0.29) is 12.5 Å². The first kappa shape index (κ1) is 15.2. The molecule has 0 fully saturated rings. The van der Waals surface area contributed by atoms with E-state index in [2.05, 4.69) is 5.32 Å². The molecule has 0 spiro atoms. The SMILES string of the molecule is CCC(C)CC(=O)NCC(C(=O)O)c1ccccc1. The Labute approximate surface area is 113 Å². The summed E-state index contributed by atoms with van der Waals surface area (Å²) in [5.41, 5.74) is 0.707. The van der Waals surface area contributed by atoms with Crippen LogP contribution < -0.4 is 5.32 Å². The van der Waals surface area contributed by atoms with Crippen LogP contribution in [-0.4, -0.2) is 23.5 Å². The van der Waals surface area contributed by atoms with Gasteiger partial charge in [-0.2, -0.15) is 0 Å². The second-order valence-corrected chi connectivity index (χ2v) is 4.82. The van der Waals surface area contributed by atoms with Gasteiger partial charge in [0.2, 0.25) is 5.91 Å². The number of nitrogens with one attached hydrogen (secondary N) is 1. The minimum atomic E-state index is -0.921. The van der Waals surface area contributed by atoms with Gasteiger partial charge in [0.25, 0.3) is 0 Å². The van der Waals surface area contributed by atoms with Crippen LogP contribution in [0.2, 0.25) is 0 Å². The summed E-state index contributed by atoms with van der Waals surface area (Å²) in [6.45, 7) is 4.17. The molecule has 1 amide bonds. The summed E-state index contributed by atoms with van der Waals surface area (Å²) in [4.78, 5) is 22.9. The van der Waals surface area contributed by atoms with E-state index in [4.69, 9.17) is 0 Å². The molecule has 0 aromatic heterocycles. The molecule has 0 saturated carbocycles. The lowest BCUT2D eigenvalue weighted by atomic mass is 9.99. The Bertz CT molecular complexity index is 417. The van der Waals surface area contributed by atoms with Crippen LogP contribution in [0.15, 0.2) is 30.3 Å². The molecule has 0 bridgehead atoms. The summed E-state index contributed by atoms with van der Waals surface area (Å²) in [7, 11) is 0. The molecular weight excluding hydrogens is 242 g/mol. The van der Waals surface area contributed by atoms with Crippen molar-refractivity contribution in [1.29, 1.82) is 0 Å². The van der Waals surface area contributed by atoms with Crippen LogP contribution in [0.3, 0.4) is 0 Å². The Balaban J connectivity index is 2.57. The number of carbonyl (C=O) groups excluding carboxylic acids is 1. The van der Waals surface area contributed by atoms with Crippen molar-refractivity contribution in [3.05, 3.63) is 35.9 Å². The molecule has 2 unspecified atom stereocenters. The Morgan fingerprint density at radius 1 is 1.26 bits per heavy atom. The van der Waals surface area contributed by atoms with E-state index >= 15 is 0 Å². The zero-order chi connectivity index (χ0) is 14.3. The highest BCUT2D eigenvalue weighted by Crippen LogP contribution is 2.15. The zero-order valence-corrected chi connectivity index (χ0v) is 11.4. The third kappa shape index (κ3) is 5.12. The van der Waals surface area contributed by atoms with Crippen LogP contribution in [0.1, 0.15) is 38.2 Å². The van der Waals surface area contributed by atoms with Crippen molar-refractivity contribution in [2.75, 3.05) is 6.54 Å². The van der Waals surface area contributed by atoms with Gasteiger partial charge < -0.3 is 10.4 Å². The summed E-state index contributed by atoms with van der Waals surface area (Å²) in [5, 5.41) is 11.9. The lowest BCUT2D eigenvalue weighted by Crippen LogP contribution is -2.32.